The van der Waals surface area contributed by atoms with Crippen LogP contribution in [0.2, 0.25) is 0 Å². The quantitative estimate of drug-likeness (QED) is 0.812. The van der Waals surface area contributed by atoms with Gasteiger partial charge in [-0.15, -0.1) is 0 Å². The molecular formula is C17H21N2O3+. The summed E-state index contributed by atoms with van der Waals surface area (Å²) >= 11 is 0. The Morgan fingerprint density at radius 2 is 1.91 bits per heavy atom. The van der Waals surface area contributed by atoms with E-state index in [4.69, 9.17) is 9.47 Å². The third-order valence-electron chi connectivity index (χ3n) is 3.08. The third kappa shape index (κ3) is 4.49. The van der Waals surface area contributed by atoms with Crippen LogP contribution in [0, 0.1) is 0 Å². The molecule has 2 aromatic rings. The lowest BCUT2D eigenvalue weighted by Crippen LogP contribution is -2.77. The van der Waals surface area contributed by atoms with Gasteiger partial charge in [0.2, 0.25) is 0 Å². The van der Waals surface area contributed by atoms with Crippen molar-refractivity contribution in [1.82, 2.24) is 0 Å². The normalized spacial score (nSPS) is 10.1. The number of hydrogen-bond acceptors (Lipinski definition) is 3. The Labute approximate surface area is 130 Å². The molecule has 0 bridgehead atoms. The number of anilines is 1. The van der Waals surface area contributed by atoms with Crippen molar-refractivity contribution in [3.05, 3.63) is 54.1 Å². The van der Waals surface area contributed by atoms with E-state index in [9.17, 15) is 4.79 Å². The van der Waals surface area contributed by atoms with Gasteiger partial charge in [-0.1, -0.05) is 18.2 Å². The molecule has 0 saturated carbocycles. The van der Waals surface area contributed by atoms with Crippen LogP contribution in [0.15, 0.2) is 48.5 Å². The summed E-state index contributed by atoms with van der Waals surface area (Å²) in [4.78, 5) is 11.9. The maximum atomic E-state index is 11.9. The third-order valence-corrected chi connectivity index (χ3v) is 3.08. The van der Waals surface area contributed by atoms with E-state index in [0.29, 0.717) is 11.5 Å². The van der Waals surface area contributed by atoms with Gasteiger partial charge >= 0.3 is 0 Å². The zero-order valence-electron chi connectivity index (χ0n) is 12.8. The number of nitrogens with one attached hydrogen (secondary N) is 1. The zero-order chi connectivity index (χ0) is 15.8. The lowest BCUT2D eigenvalue weighted by molar-refractivity contribution is -0.643. The minimum Gasteiger partial charge on any atom is -0.493 e. The SMILES string of the molecule is C[NH2+]Cc1ccc(OCC(=O)Nc2ccccc2)c(OC)c1. The summed E-state index contributed by atoms with van der Waals surface area (Å²) in [6.45, 7) is 0.801. The van der Waals surface area contributed by atoms with Crippen LogP contribution in [0.1, 0.15) is 5.56 Å². The van der Waals surface area contributed by atoms with E-state index in [-0.39, 0.29) is 12.5 Å². The number of carbonyl (C=O) groups is 1. The summed E-state index contributed by atoms with van der Waals surface area (Å²) in [6.07, 6.45) is 0. The Morgan fingerprint density at radius 3 is 2.59 bits per heavy atom. The molecular weight excluding hydrogens is 280 g/mol. The number of nitrogens with two attached hydrogens (primary N) is 1. The molecule has 0 fully saturated rings. The van der Waals surface area contributed by atoms with Crippen molar-refractivity contribution in [2.75, 3.05) is 26.1 Å². The van der Waals surface area contributed by atoms with Crippen LogP contribution in [-0.4, -0.2) is 26.7 Å². The minimum atomic E-state index is -0.209. The first kappa shape index (κ1) is 15.9. The highest BCUT2D eigenvalue weighted by molar-refractivity contribution is 5.91. The van der Waals surface area contributed by atoms with E-state index in [1.54, 1.807) is 7.11 Å². The van der Waals surface area contributed by atoms with Crippen molar-refractivity contribution < 1.29 is 19.6 Å². The fourth-order valence-corrected chi connectivity index (χ4v) is 2.06. The molecule has 2 aromatic carbocycles. The molecule has 0 radical (unpaired) electrons. The first-order valence-corrected chi connectivity index (χ1v) is 7.15. The topological polar surface area (TPSA) is 64.2 Å². The van der Waals surface area contributed by atoms with Crippen LogP contribution >= 0.6 is 0 Å². The van der Waals surface area contributed by atoms with Crippen molar-refractivity contribution in [1.29, 1.82) is 0 Å². The molecule has 0 atom stereocenters. The number of amides is 1. The zero-order valence-corrected chi connectivity index (χ0v) is 12.8. The first-order chi connectivity index (χ1) is 10.7. The molecule has 0 aliphatic rings. The maximum absolute atomic E-state index is 11.9. The Kier molecular flexibility index (Phi) is 5.80. The molecule has 1 amide bonds. The minimum absolute atomic E-state index is 0.0650. The smallest absolute Gasteiger partial charge is 0.262 e. The highest BCUT2D eigenvalue weighted by atomic mass is 16.5. The molecule has 0 aliphatic carbocycles. The molecule has 0 aromatic heterocycles. The van der Waals surface area contributed by atoms with Gasteiger partial charge in [-0.05, 0) is 30.3 Å². The van der Waals surface area contributed by atoms with E-state index in [2.05, 4.69) is 10.6 Å². The average Bonchev–Trinajstić information content (AvgIpc) is 2.54. The number of carbonyl (C=O) groups excluding carboxylic acids is 1. The second kappa shape index (κ2) is 8.05. The summed E-state index contributed by atoms with van der Waals surface area (Å²) in [7, 11) is 3.59. The van der Waals surface area contributed by atoms with Crippen molar-refractivity contribution in [3.63, 3.8) is 0 Å². The number of rotatable bonds is 7. The van der Waals surface area contributed by atoms with Gasteiger partial charge in [0.1, 0.15) is 6.54 Å². The second-order valence-corrected chi connectivity index (χ2v) is 4.80. The van der Waals surface area contributed by atoms with Crippen LogP contribution in [0.25, 0.3) is 0 Å². The predicted molar refractivity (Wildman–Crippen MR) is 85.1 cm³/mol. The number of methoxy groups -OCH3 is 1. The molecule has 22 heavy (non-hydrogen) atoms. The summed E-state index contributed by atoms with van der Waals surface area (Å²) in [5.41, 5.74) is 1.89. The largest absolute Gasteiger partial charge is 0.493 e. The highest BCUT2D eigenvalue weighted by Crippen LogP contribution is 2.27. The molecule has 3 N–H and O–H groups in total. The predicted octanol–water partition coefficient (Wildman–Crippen LogP) is 1.41. The van der Waals surface area contributed by atoms with Crippen LogP contribution in [0.3, 0.4) is 0 Å². The van der Waals surface area contributed by atoms with Gasteiger partial charge < -0.3 is 20.1 Å². The maximum Gasteiger partial charge on any atom is 0.262 e. The lowest BCUT2D eigenvalue weighted by Gasteiger charge is -2.12. The Hall–Kier alpha value is -2.53. The van der Waals surface area contributed by atoms with Gasteiger partial charge in [0, 0.05) is 11.3 Å². The fraction of sp³-hybridized carbons (Fsp3) is 0.235. The average molecular weight is 301 g/mol. The summed E-state index contributed by atoms with van der Waals surface area (Å²) in [6, 6.07) is 15.0. The molecule has 116 valence electrons. The summed E-state index contributed by atoms with van der Waals surface area (Å²) in [5, 5.41) is 4.84. The monoisotopic (exact) mass is 301 g/mol. The lowest BCUT2D eigenvalue weighted by atomic mass is 10.2. The molecule has 0 saturated heterocycles. The molecule has 5 heteroatoms. The second-order valence-electron chi connectivity index (χ2n) is 4.80. The summed E-state index contributed by atoms with van der Waals surface area (Å²) < 4.78 is 10.9. The van der Waals surface area contributed by atoms with E-state index in [0.717, 1.165) is 17.8 Å². The van der Waals surface area contributed by atoms with Crippen LogP contribution in [0.4, 0.5) is 5.69 Å². The Bertz CT molecular complexity index is 615. The van der Waals surface area contributed by atoms with Gasteiger partial charge in [0.25, 0.3) is 5.91 Å². The molecule has 0 spiro atoms. The van der Waals surface area contributed by atoms with E-state index < -0.39 is 0 Å². The van der Waals surface area contributed by atoms with Crippen LogP contribution < -0.4 is 20.1 Å². The van der Waals surface area contributed by atoms with Gasteiger partial charge in [-0.3, -0.25) is 4.79 Å². The standard InChI is InChI=1S/C17H20N2O3/c1-18-11-13-8-9-15(16(10-13)21-2)22-12-17(20)19-14-6-4-3-5-7-14/h3-10,18H,11-12H2,1-2H3,(H,19,20)/p+1. The van der Waals surface area contributed by atoms with Gasteiger partial charge in [-0.25, -0.2) is 0 Å². The molecule has 0 heterocycles. The number of para-hydroxylation sites is 1. The van der Waals surface area contributed by atoms with E-state index >= 15 is 0 Å². The van der Waals surface area contributed by atoms with E-state index in [1.165, 1.54) is 0 Å². The Morgan fingerprint density at radius 1 is 1.14 bits per heavy atom. The molecule has 0 unspecified atom stereocenters. The van der Waals surface area contributed by atoms with Crippen LogP contribution in [-0.2, 0) is 11.3 Å². The number of hydrogen-bond donors (Lipinski definition) is 2. The van der Waals surface area contributed by atoms with E-state index in [1.807, 2.05) is 55.6 Å². The van der Waals surface area contributed by atoms with Crippen molar-refractivity contribution >= 4 is 11.6 Å². The van der Waals surface area contributed by atoms with Gasteiger partial charge in [0.15, 0.2) is 18.1 Å². The highest BCUT2D eigenvalue weighted by Gasteiger charge is 2.09. The van der Waals surface area contributed by atoms with Crippen LogP contribution in [0.5, 0.6) is 11.5 Å². The molecule has 2 rings (SSSR count). The van der Waals surface area contributed by atoms with Gasteiger partial charge in [0.05, 0.1) is 14.2 Å². The fourth-order valence-electron chi connectivity index (χ4n) is 2.06. The molecule has 0 aliphatic heterocycles. The first-order valence-electron chi connectivity index (χ1n) is 7.15. The van der Waals surface area contributed by atoms with Crippen molar-refractivity contribution in [3.8, 4) is 11.5 Å². The Balaban J connectivity index is 1.94. The number of quaternary nitrogens is 1. The van der Waals surface area contributed by atoms with Crippen molar-refractivity contribution in [2.24, 2.45) is 0 Å². The summed E-state index contributed by atoms with van der Waals surface area (Å²) in [5.74, 6) is 0.983. The number of benzene rings is 2. The molecule has 5 nitrogen and oxygen atoms in total. The van der Waals surface area contributed by atoms with Crippen molar-refractivity contribution in [2.45, 2.75) is 6.54 Å². The van der Waals surface area contributed by atoms with Gasteiger partial charge in [-0.2, -0.15) is 0 Å². The number of ether oxygens (including phenoxy) is 2.